The minimum absolute atomic E-state index is 0.00583. The number of carbonyl (C=O) groups excluding carboxylic acids is 2. The number of fused-ring (bicyclic) bond motifs is 1. The van der Waals surface area contributed by atoms with E-state index >= 15 is 0 Å². The van der Waals surface area contributed by atoms with Crippen molar-refractivity contribution in [3.05, 3.63) is 16.0 Å². The lowest BCUT2D eigenvalue weighted by molar-refractivity contribution is -0.900. The quantitative estimate of drug-likeness (QED) is 0.772. The zero-order valence-electron chi connectivity index (χ0n) is 16.2. The molecule has 1 amide bonds. The molecule has 1 fully saturated rings. The molecule has 2 heterocycles. The molecule has 2 N–H and O–H groups in total. The van der Waals surface area contributed by atoms with Crippen LogP contribution in [0.2, 0.25) is 0 Å². The molecule has 5 nitrogen and oxygen atoms in total. The summed E-state index contributed by atoms with van der Waals surface area (Å²) in [5, 5.41) is 3.73. The number of ether oxygens (including phenoxy) is 1. The molecule has 1 aliphatic carbocycles. The summed E-state index contributed by atoms with van der Waals surface area (Å²) in [4.78, 5) is 27.7. The molecule has 3 rings (SSSR count). The molecule has 2 aliphatic rings. The van der Waals surface area contributed by atoms with Crippen molar-refractivity contribution in [2.24, 2.45) is 11.8 Å². The van der Waals surface area contributed by atoms with Crippen LogP contribution in [0, 0.1) is 11.8 Å². The number of rotatable bonds is 5. The topological polar surface area (TPSA) is 59.8 Å². The standard InChI is InChI=1S/C20H30N2O3S/c1-4-25-20(24)18-15-8-7-13(2)10-16(15)26-19(18)21-17(23)12-22-9-5-6-14(3)11-22/h13-14H,4-12H2,1-3H3,(H,21,23)/p+1/t13-,14-/m1/s1. The lowest BCUT2D eigenvalue weighted by atomic mass is 9.88. The summed E-state index contributed by atoms with van der Waals surface area (Å²) < 4.78 is 5.28. The lowest BCUT2D eigenvalue weighted by Gasteiger charge is -2.27. The van der Waals surface area contributed by atoms with Gasteiger partial charge in [-0.15, -0.1) is 11.3 Å². The first-order valence-corrected chi connectivity index (χ1v) is 10.7. The van der Waals surface area contributed by atoms with Crippen LogP contribution in [0.4, 0.5) is 5.00 Å². The number of anilines is 1. The van der Waals surface area contributed by atoms with E-state index in [-0.39, 0.29) is 11.9 Å². The monoisotopic (exact) mass is 379 g/mol. The van der Waals surface area contributed by atoms with Gasteiger partial charge in [0.15, 0.2) is 6.54 Å². The van der Waals surface area contributed by atoms with Gasteiger partial charge < -0.3 is 15.0 Å². The van der Waals surface area contributed by atoms with E-state index in [0.29, 0.717) is 35.6 Å². The summed E-state index contributed by atoms with van der Waals surface area (Å²) in [6.45, 7) is 9.25. The van der Waals surface area contributed by atoms with Crippen LogP contribution in [-0.2, 0) is 22.4 Å². The first kappa shape index (κ1) is 19.4. The molecule has 144 valence electrons. The maximum atomic E-state index is 12.6. The summed E-state index contributed by atoms with van der Waals surface area (Å²) in [6, 6.07) is 0. The maximum Gasteiger partial charge on any atom is 0.341 e. The van der Waals surface area contributed by atoms with Crippen molar-refractivity contribution in [3.63, 3.8) is 0 Å². The van der Waals surface area contributed by atoms with Gasteiger partial charge in [0.05, 0.1) is 25.3 Å². The Morgan fingerprint density at radius 1 is 1.27 bits per heavy atom. The van der Waals surface area contributed by atoms with E-state index < -0.39 is 0 Å². The lowest BCUT2D eigenvalue weighted by Crippen LogP contribution is -3.14. The highest BCUT2D eigenvalue weighted by molar-refractivity contribution is 7.17. The van der Waals surface area contributed by atoms with Gasteiger partial charge in [-0.1, -0.05) is 13.8 Å². The molecule has 3 atom stereocenters. The van der Waals surface area contributed by atoms with E-state index in [0.717, 1.165) is 37.9 Å². The van der Waals surface area contributed by atoms with Gasteiger partial charge in [0, 0.05) is 10.8 Å². The van der Waals surface area contributed by atoms with Gasteiger partial charge >= 0.3 is 5.97 Å². The number of likely N-dealkylation sites (tertiary alicyclic amines) is 1. The second-order valence-electron chi connectivity index (χ2n) is 7.95. The van der Waals surface area contributed by atoms with Gasteiger partial charge in [-0.25, -0.2) is 4.79 Å². The van der Waals surface area contributed by atoms with Crippen molar-refractivity contribution in [2.45, 2.75) is 52.9 Å². The zero-order valence-corrected chi connectivity index (χ0v) is 17.0. The number of hydrogen-bond acceptors (Lipinski definition) is 4. The largest absolute Gasteiger partial charge is 0.462 e. The summed E-state index contributed by atoms with van der Waals surface area (Å²) in [7, 11) is 0. The fourth-order valence-electron chi connectivity index (χ4n) is 4.21. The summed E-state index contributed by atoms with van der Waals surface area (Å²) in [5.41, 5.74) is 1.70. The van der Waals surface area contributed by atoms with E-state index in [9.17, 15) is 9.59 Å². The molecule has 0 radical (unpaired) electrons. The molecule has 1 aromatic rings. The van der Waals surface area contributed by atoms with Gasteiger partial charge in [-0.05, 0) is 50.5 Å². The van der Waals surface area contributed by atoms with Crippen molar-refractivity contribution >= 4 is 28.2 Å². The third-order valence-corrected chi connectivity index (χ3v) is 6.69. The SMILES string of the molecule is CCOC(=O)c1c(NC(=O)C[NH+]2CCC[C@@H](C)C2)sc2c1CC[C@@H](C)C2. The average molecular weight is 380 g/mol. The number of esters is 1. The van der Waals surface area contributed by atoms with Crippen molar-refractivity contribution in [2.75, 3.05) is 31.6 Å². The Morgan fingerprint density at radius 2 is 2.08 bits per heavy atom. The van der Waals surface area contributed by atoms with Crippen molar-refractivity contribution in [1.82, 2.24) is 0 Å². The molecule has 0 saturated carbocycles. The van der Waals surface area contributed by atoms with Crippen molar-refractivity contribution in [1.29, 1.82) is 0 Å². The van der Waals surface area contributed by atoms with Crippen LogP contribution in [0.15, 0.2) is 0 Å². The van der Waals surface area contributed by atoms with E-state index in [1.165, 1.54) is 22.6 Å². The fourth-order valence-corrected chi connectivity index (χ4v) is 5.63. The number of thiophene rings is 1. The van der Waals surface area contributed by atoms with Crippen LogP contribution in [0.3, 0.4) is 0 Å². The summed E-state index contributed by atoms with van der Waals surface area (Å²) in [6.07, 6.45) is 5.40. The third-order valence-electron chi connectivity index (χ3n) is 5.52. The molecular formula is C20H31N2O3S+. The first-order valence-electron chi connectivity index (χ1n) is 9.93. The Morgan fingerprint density at radius 3 is 2.81 bits per heavy atom. The highest BCUT2D eigenvalue weighted by Gasteiger charge is 2.30. The average Bonchev–Trinajstić information content (AvgIpc) is 2.91. The molecule has 0 spiro atoms. The fraction of sp³-hybridized carbons (Fsp3) is 0.700. The third kappa shape index (κ3) is 4.46. The van der Waals surface area contributed by atoms with Crippen molar-refractivity contribution in [3.8, 4) is 0 Å². The predicted molar refractivity (Wildman–Crippen MR) is 104 cm³/mol. The maximum absolute atomic E-state index is 12.6. The molecule has 0 aromatic carbocycles. The Bertz CT molecular complexity index is 670. The first-order chi connectivity index (χ1) is 12.5. The summed E-state index contributed by atoms with van der Waals surface area (Å²) >= 11 is 1.57. The predicted octanol–water partition coefficient (Wildman–Crippen LogP) is 2.30. The van der Waals surface area contributed by atoms with Crippen LogP contribution in [0.25, 0.3) is 0 Å². The van der Waals surface area contributed by atoms with Crippen LogP contribution >= 0.6 is 11.3 Å². The molecule has 1 aliphatic heterocycles. The highest BCUT2D eigenvalue weighted by atomic mass is 32.1. The molecule has 6 heteroatoms. The minimum Gasteiger partial charge on any atom is -0.462 e. The number of piperidine rings is 1. The van der Waals surface area contributed by atoms with Gasteiger partial charge in [-0.2, -0.15) is 0 Å². The Balaban J connectivity index is 1.75. The second kappa shape index (κ2) is 8.53. The summed E-state index contributed by atoms with van der Waals surface area (Å²) in [5.74, 6) is 1.01. The van der Waals surface area contributed by atoms with Crippen LogP contribution in [0.1, 0.15) is 60.8 Å². The molecule has 26 heavy (non-hydrogen) atoms. The smallest absolute Gasteiger partial charge is 0.341 e. The molecule has 1 aromatic heterocycles. The Labute approximate surface area is 160 Å². The Hall–Kier alpha value is -1.40. The van der Waals surface area contributed by atoms with Crippen LogP contribution in [0.5, 0.6) is 0 Å². The van der Waals surface area contributed by atoms with Gasteiger partial charge in [0.1, 0.15) is 5.00 Å². The minimum atomic E-state index is -0.297. The number of nitrogens with one attached hydrogen (secondary N) is 2. The molecular weight excluding hydrogens is 348 g/mol. The normalized spacial score (nSPS) is 25.4. The van der Waals surface area contributed by atoms with Crippen LogP contribution < -0.4 is 10.2 Å². The van der Waals surface area contributed by atoms with E-state index in [1.807, 2.05) is 6.92 Å². The number of quaternary nitrogens is 1. The highest BCUT2D eigenvalue weighted by Crippen LogP contribution is 2.40. The van der Waals surface area contributed by atoms with Crippen LogP contribution in [-0.4, -0.2) is 38.1 Å². The van der Waals surface area contributed by atoms with Gasteiger partial charge in [0.25, 0.3) is 5.91 Å². The van der Waals surface area contributed by atoms with Gasteiger partial charge in [0.2, 0.25) is 0 Å². The Kier molecular flexibility index (Phi) is 6.35. The second-order valence-corrected chi connectivity index (χ2v) is 9.06. The van der Waals surface area contributed by atoms with E-state index in [4.69, 9.17) is 4.74 Å². The molecule has 0 bridgehead atoms. The molecule has 1 unspecified atom stereocenters. The number of hydrogen-bond donors (Lipinski definition) is 2. The number of amides is 1. The van der Waals surface area contributed by atoms with E-state index in [1.54, 1.807) is 11.3 Å². The zero-order chi connectivity index (χ0) is 18.7. The molecule has 1 saturated heterocycles. The number of carbonyl (C=O) groups is 2. The van der Waals surface area contributed by atoms with Crippen molar-refractivity contribution < 1.29 is 19.2 Å². The van der Waals surface area contributed by atoms with E-state index in [2.05, 4.69) is 19.2 Å². The van der Waals surface area contributed by atoms with Gasteiger partial charge in [-0.3, -0.25) is 4.79 Å².